The Morgan fingerprint density at radius 1 is 0.667 bits per heavy atom. The molecule has 0 aromatic heterocycles. The topological polar surface area (TPSA) is 58.2 Å². The lowest BCUT2D eigenvalue weighted by molar-refractivity contribution is 0.0743. The van der Waals surface area contributed by atoms with Gasteiger partial charge in [-0.2, -0.15) is 0 Å². The molecule has 2 N–H and O–H groups in total. The van der Waals surface area contributed by atoms with E-state index in [0.29, 0.717) is 11.5 Å². The maximum atomic E-state index is 14.1. The molecular weight excluding hydrogens is 444 g/mol. The summed E-state index contributed by atoms with van der Waals surface area (Å²) in [6, 6.07) is 8.52. The van der Waals surface area contributed by atoms with Crippen LogP contribution >= 0.6 is 0 Å². The van der Waals surface area contributed by atoms with Gasteiger partial charge in [-0.05, 0) is 92.0 Å². The quantitative estimate of drug-likeness (QED) is 0.389. The van der Waals surface area contributed by atoms with Crippen LogP contribution < -0.4 is 10.6 Å². The maximum absolute atomic E-state index is 14.1. The van der Waals surface area contributed by atoms with E-state index in [4.69, 9.17) is 0 Å². The van der Waals surface area contributed by atoms with Crippen molar-refractivity contribution in [1.29, 1.82) is 0 Å². The first-order chi connectivity index (χ1) is 16.8. The van der Waals surface area contributed by atoms with Crippen molar-refractivity contribution in [3.8, 4) is 0 Å². The van der Waals surface area contributed by atoms with Gasteiger partial charge < -0.3 is 10.6 Å². The van der Waals surface area contributed by atoms with Crippen molar-refractivity contribution in [2.45, 2.75) is 118 Å². The van der Waals surface area contributed by atoms with Crippen LogP contribution in [0.4, 0.5) is 0 Å². The molecule has 0 heterocycles. The molecule has 1 aliphatic rings. The molecule has 1 aliphatic carbocycles. The number of aryl methyl sites for hydroxylation is 3. The summed E-state index contributed by atoms with van der Waals surface area (Å²) in [5.74, 6) is 0.656. The van der Waals surface area contributed by atoms with Crippen LogP contribution in [-0.2, 0) is 0 Å². The van der Waals surface area contributed by atoms with Gasteiger partial charge in [-0.3, -0.25) is 9.59 Å². The number of rotatable bonds is 7. The molecule has 196 valence electrons. The van der Waals surface area contributed by atoms with Gasteiger partial charge in [0.05, 0.1) is 0 Å². The Bertz CT molecular complexity index is 1070. The Kier molecular flexibility index (Phi) is 8.69. The standard InChI is InChI=1S/C32H46N2O2/c1-19(2)25-17-26(20(3)4)29(27(18-25)21(5)6)31(36)34-32(13-11-10-12-14-32)33-30(35)28-23(8)15-22(7)16-24(28)9/h15-21H,10-14H2,1-9H3,(H,33,35)(H,34,36). The normalized spacial score (nSPS) is 15.4. The number of carbonyl (C=O) groups is 2. The minimum Gasteiger partial charge on any atom is -0.329 e. The molecule has 0 aliphatic heterocycles. The Balaban J connectivity index is 2.02. The minimum atomic E-state index is -0.741. The fraction of sp³-hybridized carbons (Fsp3) is 0.562. The lowest BCUT2D eigenvalue weighted by Gasteiger charge is -2.39. The third-order valence-electron chi connectivity index (χ3n) is 7.68. The fourth-order valence-corrected chi connectivity index (χ4v) is 5.75. The highest BCUT2D eigenvalue weighted by Gasteiger charge is 2.37. The van der Waals surface area contributed by atoms with E-state index >= 15 is 0 Å². The molecule has 0 saturated heterocycles. The number of nitrogens with one attached hydrogen (secondary N) is 2. The molecule has 0 spiro atoms. The van der Waals surface area contributed by atoms with E-state index in [2.05, 4.69) is 64.3 Å². The summed E-state index contributed by atoms with van der Waals surface area (Å²) in [5, 5.41) is 6.67. The third-order valence-corrected chi connectivity index (χ3v) is 7.68. The summed E-state index contributed by atoms with van der Waals surface area (Å²) in [6.07, 6.45) is 4.56. The number of benzene rings is 2. The van der Waals surface area contributed by atoms with Crippen molar-refractivity contribution in [3.05, 3.63) is 68.8 Å². The van der Waals surface area contributed by atoms with Crippen LogP contribution in [0.3, 0.4) is 0 Å². The van der Waals surface area contributed by atoms with Crippen LogP contribution in [0.5, 0.6) is 0 Å². The first kappa shape index (κ1) is 28.0. The van der Waals surface area contributed by atoms with Crippen molar-refractivity contribution >= 4 is 11.8 Å². The highest BCUT2D eigenvalue weighted by atomic mass is 16.2. The molecule has 0 atom stereocenters. The van der Waals surface area contributed by atoms with Crippen LogP contribution in [0, 0.1) is 20.8 Å². The SMILES string of the molecule is Cc1cc(C)c(C(=O)NC2(NC(=O)c3c(C(C)C)cc(C(C)C)cc3C(C)C)CCCCC2)c(C)c1. The second kappa shape index (κ2) is 11.2. The summed E-state index contributed by atoms with van der Waals surface area (Å²) in [5.41, 5.74) is 7.29. The molecule has 0 unspecified atom stereocenters. The molecule has 36 heavy (non-hydrogen) atoms. The van der Waals surface area contributed by atoms with Gasteiger partial charge in [0.1, 0.15) is 5.66 Å². The molecule has 4 heteroatoms. The van der Waals surface area contributed by atoms with Gasteiger partial charge in [-0.25, -0.2) is 0 Å². The van der Waals surface area contributed by atoms with Crippen molar-refractivity contribution in [1.82, 2.24) is 10.6 Å². The zero-order valence-electron chi connectivity index (χ0n) is 23.9. The van der Waals surface area contributed by atoms with Gasteiger partial charge in [0.2, 0.25) is 0 Å². The fourth-order valence-electron chi connectivity index (χ4n) is 5.75. The zero-order valence-corrected chi connectivity index (χ0v) is 23.9. The van der Waals surface area contributed by atoms with E-state index in [1.54, 1.807) is 0 Å². The molecule has 2 aromatic rings. The Hall–Kier alpha value is -2.62. The maximum Gasteiger partial charge on any atom is 0.253 e. The first-order valence-electron chi connectivity index (χ1n) is 13.8. The van der Waals surface area contributed by atoms with Gasteiger partial charge in [-0.15, -0.1) is 0 Å². The average Bonchev–Trinajstić information content (AvgIpc) is 2.77. The van der Waals surface area contributed by atoms with E-state index in [9.17, 15) is 9.59 Å². The molecule has 0 bridgehead atoms. The van der Waals surface area contributed by atoms with Crippen LogP contribution in [0.15, 0.2) is 24.3 Å². The van der Waals surface area contributed by atoms with Gasteiger partial charge in [-0.1, -0.05) is 77.8 Å². The summed E-state index contributed by atoms with van der Waals surface area (Å²) in [6.45, 7) is 19.0. The molecule has 1 saturated carbocycles. The molecule has 1 fully saturated rings. The summed E-state index contributed by atoms with van der Waals surface area (Å²) >= 11 is 0. The lowest BCUT2D eigenvalue weighted by atomic mass is 9.83. The number of amides is 2. The first-order valence-corrected chi connectivity index (χ1v) is 13.8. The smallest absolute Gasteiger partial charge is 0.253 e. The summed E-state index contributed by atoms with van der Waals surface area (Å²) in [4.78, 5) is 27.7. The van der Waals surface area contributed by atoms with Gasteiger partial charge in [0.15, 0.2) is 0 Å². The van der Waals surface area contributed by atoms with Crippen molar-refractivity contribution in [2.24, 2.45) is 0 Å². The van der Waals surface area contributed by atoms with E-state index in [1.165, 1.54) is 5.56 Å². The highest BCUT2D eigenvalue weighted by molar-refractivity contribution is 6.00. The van der Waals surface area contributed by atoms with Crippen LogP contribution in [0.1, 0.15) is 145 Å². The highest BCUT2D eigenvalue weighted by Crippen LogP contribution is 2.34. The molecule has 4 nitrogen and oxygen atoms in total. The predicted octanol–water partition coefficient (Wildman–Crippen LogP) is 7.80. The molecule has 3 rings (SSSR count). The van der Waals surface area contributed by atoms with E-state index in [0.717, 1.165) is 65.5 Å². The Labute approximate surface area is 218 Å². The predicted molar refractivity (Wildman–Crippen MR) is 150 cm³/mol. The second-order valence-corrected chi connectivity index (χ2v) is 11.9. The van der Waals surface area contributed by atoms with E-state index in [-0.39, 0.29) is 23.7 Å². The zero-order chi connectivity index (χ0) is 26.8. The largest absolute Gasteiger partial charge is 0.329 e. The second-order valence-electron chi connectivity index (χ2n) is 11.9. The third kappa shape index (κ3) is 6.02. The van der Waals surface area contributed by atoms with Crippen molar-refractivity contribution < 1.29 is 9.59 Å². The Morgan fingerprint density at radius 2 is 1.11 bits per heavy atom. The van der Waals surface area contributed by atoms with Gasteiger partial charge in [0.25, 0.3) is 11.8 Å². The van der Waals surface area contributed by atoms with E-state index in [1.807, 2.05) is 32.9 Å². The number of carbonyl (C=O) groups excluding carboxylic acids is 2. The average molecular weight is 491 g/mol. The van der Waals surface area contributed by atoms with Crippen LogP contribution in [0.2, 0.25) is 0 Å². The van der Waals surface area contributed by atoms with Crippen LogP contribution in [-0.4, -0.2) is 17.5 Å². The Morgan fingerprint density at radius 3 is 1.53 bits per heavy atom. The van der Waals surface area contributed by atoms with Crippen LogP contribution in [0.25, 0.3) is 0 Å². The summed E-state index contributed by atoms with van der Waals surface area (Å²) < 4.78 is 0. The van der Waals surface area contributed by atoms with Gasteiger partial charge >= 0.3 is 0 Å². The minimum absolute atomic E-state index is 0.0720. The molecule has 0 radical (unpaired) electrons. The number of hydrogen-bond donors (Lipinski definition) is 2. The van der Waals surface area contributed by atoms with Crippen molar-refractivity contribution in [2.75, 3.05) is 0 Å². The monoisotopic (exact) mass is 490 g/mol. The lowest BCUT2D eigenvalue weighted by Crippen LogP contribution is -2.61. The summed E-state index contributed by atoms with van der Waals surface area (Å²) in [7, 11) is 0. The van der Waals surface area contributed by atoms with E-state index < -0.39 is 5.66 Å². The van der Waals surface area contributed by atoms with Crippen molar-refractivity contribution in [3.63, 3.8) is 0 Å². The van der Waals surface area contributed by atoms with Gasteiger partial charge in [0, 0.05) is 11.1 Å². The number of hydrogen-bond acceptors (Lipinski definition) is 2. The molecule has 2 aromatic carbocycles. The molecular formula is C32H46N2O2. The molecule has 2 amide bonds.